The number of carbonyl (C=O) groups excluding carboxylic acids is 2. The number of halogens is 1. The van der Waals surface area contributed by atoms with Crippen LogP contribution in [0.3, 0.4) is 0 Å². The van der Waals surface area contributed by atoms with E-state index in [1.54, 1.807) is 36.4 Å². The lowest BCUT2D eigenvalue weighted by Crippen LogP contribution is -2.31. The molecule has 1 aliphatic rings. The molecule has 3 aromatic rings. The summed E-state index contributed by atoms with van der Waals surface area (Å²) in [4.78, 5) is 31.6. The van der Waals surface area contributed by atoms with Crippen LogP contribution < -0.4 is 4.90 Å². The topological polar surface area (TPSA) is 74.1 Å². The highest BCUT2D eigenvalue weighted by molar-refractivity contribution is 8.00. The lowest BCUT2D eigenvalue weighted by molar-refractivity contribution is -0.121. The molecule has 1 fully saturated rings. The smallest absolute Gasteiger partial charge is 0.247 e. The second kappa shape index (κ2) is 9.15. The molecule has 0 spiro atoms. The van der Waals surface area contributed by atoms with E-state index in [2.05, 4.69) is 24.9 Å². The molecule has 0 radical (unpaired) electrons. The van der Waals surface area contributed by atoms with Gasteiger partial charge in [-0.25, -0.2) is 9.88 Å². The predicted molar refractivity (Wildman–Crippen MR) is 127 cm³/mol. The number of hydrogen-bond donors (Lipinski definition) is 0. The van der Waals surface area contributed by atoms with Crippen molar-refractivity contribution in [1.82, 2.24) is 4.98 Å². The minimum absolute atomic E-state index is 0.0627. The average Bonchev–Trinajstić information content (AvgIpc) is 3.07. The molecule has 1 aromatic heterocycles. The van der Waals surface area contributed by atoms with E-state index in [1.165, 1.54) is 4.90 Å². The van der Waals surface area contributed by atoms with E-state index in [0.29, 0.717) is 32.9 Å². The van der Waals surface area contributed by atoms with Crippen LogP contribution in [0.15, 0.2) is 65.7 Å². The van der Waals surface area contributed by atoms with Crippen molar-refractivity contribution in [1.29, 1.82) is 5.26 Å². The molecule has 1 unspecified atom stereocenters. The molecule has 0 bridgehead atoms. The number of nitrogens with zero attached hydrogens (tertiary/aromatic N) is 3. The number of amides is 2. The van der Waals surface area contributed by atoms with Crippen LogP contribution in [0.4, 0.5) is 5.69 Å². The van der Waals surface area contributed by atoms with Crippen LogP contribution in [0, 0.1) is 11.3 Å². The maximum Gasteiger partial charge on any atom is 0.247 e. The van der Waals surface area contributed by atoms with Gasteiger partial charge >= 0.3 is 0 Å². The molecule has 0 N–H and O–H groups in total. The highest BCUT2D eigenvalue weighted by Gasteiger charge is 2.40. The van der Waals surface area contributed by atoms with Crippen molar-refractivity contribution >= 4 is 40.9 Å². The van der Waals surface area contributed by atoms with Crippen LogP contribution in [-0.2, 0) is 9.59 Å². The Kier molecular flexibility index (Phi) is 6.31. The van der Waals surface area contributed by atoms with Gasteiger partial charge in [-0.05, 0) is 47.9 Å². The molecule has 1 saturated heterocycles. The monoisotopic (exact) mass is 461 g/mol. The maximum absolute atomic E-state index is 13.1. The van der Waals surface area contributed by atoms with Gasteiger partial charge in [0.2, 0.25) is 11.8 Å². The van der Waals surface area contributed by atoms with E-state index < -0.39 is 5.25 Å². The van der Waals surface area contributed by atoms with E-state index in [9.17, 15) is 14.9 Å². The van der Waals surface area contributed by atoms with E-state index in [0.717, 1.165) is 22.9 Å². The molecule has 7 heteroatoms. The minimum atomic E-state index is -0.632. The lowest BCUT2D eigenvalue weighted by atomic mass is 10.0. The summed E-state index contributed by atoms with van der Waals surface area (Å²) in [7, 11) is 0. The summed E-state index contributed by atoms with van der Waals surface area (Å²) >= 11 is 7.13. The van der Waals surface area contributed by atoms with E-state index >= 15 is 0 Å². The first-order chi connectivity index (χ1) is 15.4. The summed E-state index contributed by atoms with van der Waals surface area (Å²) in [6.07, 6.45) is 0.0627. The molecule has 1 atom stereocenters. The number of pyridine rings is 1. The molecule has 2 heterocycles. The molecule has 160 valence electrons. The van der Waals surface area contributed by atoms with Gasteiger partial charge in [0.15, 0.2) is 0 Å². The second-order valence-electron chi connectivity index (χ2n) is 7.79. The normalized spacial score (nSPS) is 16.0. The zero-order valence-corrected chi connectivity index (χ0v) is 19.2. The molecular weight excluding hydrogens is 442 g/mol. The summed E-state index contributed by atoms with van der Waals surface area (Å²) in [5, 5.41) is 9.95. The Morgan fingerprint density at radius 2 is 1.75 bits per heavy atom. The fraction of sp³-hybridized carbons (Fsp3) is 0.200. The lowest BCUT2D eigenvalue weighted by Gasteiger charge is -2.16. The van der Waals surface area contributed by atoms with Gasteiger partial charge in [0.05, 0.1) is 22.2 Å². The van der Waals surface area contributed by atoms with Crippen LogP contribution in [0.2, 0.25) is 5.02 Å². The highest BCUT2D eigenvalue weighted by Crippen LogP contribution is 2.36. The Bertz CT molecular complexity index is 1220. The largest absolute Gasteiger partial charge is 0.274 e. The Hall–Kier alpha value is -3.14. The van der Waals surface area contributed by atoms with Gasteiger partial charge in [0, 0.05) is 17.0 Å². The molecule has 2 amide bonds. The van der Waals surface area contributed by atoms with Gasteiger partial charge in [0.25, 0.3) is 0 Å². The molecule has 4 rings (SSSR count). The third-order valence-electron chi connectivity index (χ3n) is 5.30. The Labute approximate surface area is 196 Å². The minimum Gasteiger partial charge on any atom is -0.274 e. The number of hydrogen-bond acceptors (Lipinski definition) is 5. The number of aromatic nitrogens is 1. The van der Waals surface area contributed by atoms with Crippen LogP contribution >= 0.6 is 23.4 Å². The molecule has 0 saturated carbocycles. The Balaban J connectivity index is 1.59. The Morgan fingerprint density at radius 3 is 2.38 bits per heavy atom. The highest BCUT2D eigenvalue weighted by atomic mass is 35.5. The third kappa shape index (κ3) is 4.40. The molecule has 2 aromatic carbocycles. The first-order valence-electron chi connectivity index (χ1n) is 10.2. The van der Waals surface area contributed by atoms with Crippen molar-refractivity contribution in [2.75, 3.05) is 4.90 Å². The number of benzene rings is 2. The van der Waals surface area contributed by atoms with Crippen molar-refractivity contribution in [3.8, 4) is 17.3 Å². The SMILES string of the molecule is CC(C)c1ccc(N2C(=O)CC(Sc3nc(-c4ccc(Cl)cc4)ccc3C#N)C2=O)cc1. The second-order valence-corrected chi connectivity index (χ2v) is 9.42. The fourth-order valence-electron chi connectivity index (χ4n) is 3.51. The van der Waals surface area contributed by atoms with Gasteiger partial charge in [-0.15, -0.1) is 0 Å². The number of anilines is 1. The van der Waals surface area contributed by atoms with E-state index in [1.807, 2.05) is 24.3 Å². The first-order valence-corrected chi connectivity index (χ1v) is 11.4. The number of rotatable bonds is 5. The van der Waals surface area contributed by atoms with Crippen molar-refractivity contribution in [2.45, 2.75) is 36.5 Å². The number of thioether (sulfide) groups is 1. The van der Waals surface area contributed by atoms with Crippen LogP contribution in [0.25, 0.3) is 11.3 Å². The summed E-state index contributed by atoms with van der Waals surface area (Å²) in [6.45, 7) is 4.18. The molecule has 32 heavy (non-hydrogen) atoms. The average molecular weight is 462 g/mol. The van der Waals surface area contributed by atoms with Crippen molar-refractivity contribution in [3.05, 3.63) is 76.8 Å². The fourth-order valence-corrected chi connectivity index (χ4v) is 4.73. The van der Waals surface area contributed by atoms with Gasteiger partial charge in [-0.2, -0.15) is 5.26 Å². The maximum atomic E-state index is 13.1. The third-order valence-corrected chi connectivity index (χ3v) is 6.74. The van der Waals surface area contributed by atoms with Gasteiger partial charge in [-0.3, -0.25) is 9.59 Å². The predicted octanol–water partition coefficient (Wildman–Crippen LogP) is 5.82. The molecule has 0 aliphatic carbocycles. The van der Waals surface area contributed by atoms with Crippen LogP contribution in [-0.4, -0.2) is 22.0 Å². The summed E-state index contributed by atoms with van der Waals surface area (Å²) in [5.74, 6) is -0.183. The van der Waals surface area contributed by atoms with E-state index in [-0.39, 0.29) is 18.2 Å². The number of imide groups is 1. The summed E-state index contributed by atoms with van der Waals surface area (Å²) < 4.78 is 0. The van der Waals surface area contributed by atoms with Gasteiger partial charge < -0.3 is 0 Å². The molecular formula is C25H20ClN3O2S. The zero-order valence-electron chi connectivity index (χ0n) is 17.6. The van der Waals surface area contributed by atoms with Crippen molar-refractivity contribution in [3.63, 3.8) is 0 Å². The zero-order chi connectivity index (χ0) is 22.8. The molecule has 1 aliphatic heterocycles. The quantitative estimate of drug-likeness (QED) is 0.447. The van der Waals surface area contributed by atoms with Crippen molar-refractivity contribution < 1.29 is 9.59 Å². The Morgan fingerprint density at radius 1 is 1.06 bits per heavy atom. The molecule has 5 nitrogen and oxygen atoms in total. The summed E-state index contributed by atoms with van der Waals surface area (Å²) in [5.41, 5.74) is 3.59. The standard InChI is InChI=1S/C25H20ClN3O2S/c1-15(2)16-5-10-20(11-6-16)29-23(30)13-22(25(29)31)32-24-18(14-27)7-12-21(28-24)17-3-8-19(26)9-4-17/h3-12,15,22H,13H2,1-2H3. The van der Waals surface area contributed by atoms with Gasteiger partial charge in [0.1, 0.15) is 11.1 Å². The first kappa shape index (κ1) is 22.1. The van der Waals surface area contributed by atoms with Gasteiger partial charge in [-0.1, -0.05) is 61.5 Å². The van der Waals surface area contributed by atoms with Crippen molar-refractivity contribution in [2.24, 2.45) is 0 Å². The van der Waals surface area contributed by atoms with E-state index in [4.69, 9.17) is 11.6 Å². The summed E-state index contributed by atoms with van der Waals surface area (Å²) in [6, 6.07) is 20.3. The van der Waals surface area contributed by atoms with Crippen LogP contribution in [0.1, 0.15) is 37.3 Å². The number of carbonyl (C=O) groups is 2. The van der Waals surface area contributed by atoms with Crippen LogP contribution in [0.5, 0.6) is 0 Å². The number of nitriles is 1.